The molecule has 1 aromatic carbocycles. The molecule has 0 radical (unpaired) electrons. The van der Waals surface area contributed by atoms with Crippen molar-refractivity contribution in [1.29, 1.82) is 0 Å². The van der Waals surface area contributed by atoms with Crippen LogP contribution < -0.4 is 0 Å². The fourth-order valence-electron chi connectivity index (χ4n) is 2.29. The first-order valence-corrected chi connectivity index (χ1v) is 8.02. The molecule has 2 heterocycles. The van der Waals surface area contributed by atoms with E-state index in [1.165, 1.54) is 17.8 Å². The average molecular weight is 332 g/mol. The number of carbonyl (C=O) groups excluding carboxylic acids is 1. The Morgan fingerprint density at radius 2 is 2.05 bits per heavy atom. The van der Waals surface area contributed by atoms with E-state index in [0.717, 1.165) is 5.69 Å². The molecule has 1 aliphatic heterocycles. The van der Waals surface area contributed by atoms with Gasteiger partial charge in [0, 0.05) is 18.4 Å². The zero-order valence-corrected chi connectivity index (χ0v) is 13.5. The fourth-order valence-corrected chi connectivity index (χ4v) is 3.65. The van der Waals surface area contributed by atoms with Gasteiger partial charge in [-0.15, -0.1) is 0 Å². The van der Waals surface area contributed by atoms with Crippen LogP contribution in [0, 0.1) is 5.82 Å². The second kappa shape index (κ2) is 6.06. The molecule has 3 nitrogen and oxygen atoms in total. The van der Waals surface area contributed by atoms with E-state index in [1.54, 1.807) is 39.9 Å². The summed E-state index contributed by atoms with van der Waals surface area (Å²) in [6.07, 6.45) is 3.52. The van der Waals surface area contributed by atoms with E-state index in [0.29, 0.717) is 21.5 Å². The van der Waals surface area contributed by atoms with E-state index in [4.69, 9.17) is 12.2 Å². The first-order chi connectivity index (χ1) is 10.6. The highest BCUT2D eigenvalue weighted by atomic mass is 32.2. The Morgan fingerprint density at radius 1 is 1.27 bits per heavy atom. The van der Waals surface area contributed by atoms with Gasteiger partial charge in [-0.05, 0) is 37.3 Å². The molecule has 2 aromatic rings. The third kappa shape index (κ3) is 2.60. The van der Waals surface area contributed by atoms with E-state index in [2.05, 4.69) is 0 Å². The number of rotatable bonds is 3. The number of carbonyl (C=O) groups is 1. The zero-order chi connectivity index (χ0) is 15.7. The summed E-state index contributed by atoms with van der Waals surface area (Å²) in [4.78, 5) is 14.4. The van der Waals surface area contributed by atoms with E-state index in [-0.39, 0.29) is 11.7 Å². The Bertz CT molecular complexity index is 782. The summed E-state index contributed by atoms with van der Waals surface area (Å²) in [5.74, 6) is -0.409. The monoisotopic (exact) mass is 332 g/mol. The van der Waals surface area contributed by atoms with Gasteiger partial charge in [-0.25, -0.2) is 4.39 Å². The molecule has 0 unspecified atom stereocenters. The van der Waals surface area contributed by atoms with Crippen LogP contribution in [0.5, 0.6) is 0 Å². The molecule has 3 rings (SSSR count). The van der Waals surface area contributed by atoms with Gasteiger partial charge in [-0.3, -0.25) is 9.69 Å². The van der Waals surface area contributed by atoms with Crippen molar-refractivity contribution in [3.8, 4) is 5.69 Å². The smallest absolute Gasteiger partial charge is 0.266 e. The third-order valence-electron chi connectivity index (χ3n) is 3.36. The number of halogens is 1. The van der Waals surface area contributed by atoms with Crippen LogP contribution in [-0.4, -0.2) is 26.2 Å². The van der Waals surface area contributed by atoms with Crippen molar-refractivity contribution < 1.29 is 9.18 Å². The van der Waals surface area contributed by atoms with E-state index in [1.807, 2.05) is 19.1 Å². The first kappa shape index (κ1) is 15.0. The first-order valence-electron chi connectivity index (χ1n) is 6.79. The summed E-state index contributed by atoms with van der Waals surface area (Å²) in [6.45, 7) is 2.44. The lowest BCUT2D eigenvalue weighted by molar-refractivity contribution is -0.121. The lowest BCUT2D eigenvalue weighted by Gasteiger charge is -2.10. The number of amides is 1. The van der Waals surface area contributed by atoms with Crippen LogP contribution in [0.1, 0.15) is 12.6 Å². The van der Waals surface area contributed by atoms with E-state index < -0.39 is 0 Å². The van der Waals surface area contributed by atoms with Gasteiger partial charge in [-0.1, -0.05) is 36.1 Å². The van der Waals surface area contributed by atoms with Crippen LogP contribution in [-0.2, 0) is 4.79 Å². The number of benzene rings is 1. The summed E-state index contributed by atoms with van der Waals surface area (Å²) < 4.78 is 16.2. The molecule has 0 bridgehead atoms. The summed E-state index contributed by atoms with van der Waals surface area (Å²) in [6, 6.07) is 10.2. The number of likely N-dealkylation sites (N-methyl/N-ethyl adjacent to an activating group) is 1. The molecule has 0 aliphatic carbocycles. The molecule has 1 saturated heterocycles. The molecule has 1 amide bonds. The molecule has 0 atom stereocenters. The van der Waals surface area contributed by atoms with Gasteiger partial charge in [0.15, 0.2) is 0 Å². The highest BCUT2D eigenvalue weighted by Gasteiger charge is 2.30. The number of aromatic nitrogens is 1. The van der Waals surface area contributed by atoms with E-state index >= 15 is 0 Å². The molecule has 22 heavy (non-hydrogen) atoms. The maximum atomic E-state index is 14.0. The molecule has 0 saturated carbocycles. The van der Waals surface area contributed by atoms with Crippen molar-refractivity contribution in [2.45, 2.75) is 6.92 Å². The van der Waals surface area contributed by atoms with Crippen molar-refractivity contribution >= 4 is 40.3 Å². The standard InChI is InChI=1S/C16H13FN2OS2/c1-2-18-15(20)14(22-16(18)21)10-11-6-5-9-19(11)13-8-4-3-7-12(13)17/h3-10H,2H2,1H3. The minimum atomic E-state index is -0.311. The summed E-state index contributed by atoms with van der Waals surface area (Å²) in [5.41, 5.74) is 1.19. The molecule has 1 aliphatic rings. The van der Waals surface area contributed by atoms with Crippen LogP contribution in [0.4, 0.5) is 4.39 Å². The predicted molar refractivity (Wildman–Crippen MR) is 91.3 cm³/mol. The zero-order valence-electron chi connectivity index (χ0n) is 11.8. The van der Waals surface area contributed by atoms with Gasteiger partial charge in [0.2, 0.25) is 0 Å². The number of hydrogen-bond donors (Lipinski definition) is 0. The lowest BCUT2D eigenvalue weighted by atomic mass is 10.3. The van der Waals surface area contributed by atoms with Crippen LogP contribution in [0.15, 0.2) is 47.5 Å². The predicted octanol–water partition coefficient (Wildman–Crippen LogP) is 3.84. The molecule has 1 fully saturated rings. The molecular formula is C16H13FN2OS2. The number of thioether (sulfide) groups is 1. The van der Waals surface area contributed by atoms with Gasteiger partial charge in [0.1, 0.15) is 10.1 Å². The molecule has 1 aromatic heterocycles. The Kier molecular flexibility index (Phi) is 4.13. The van der Waals surface area contributed by atoms with Crippen molar-refractivity contribution in [3.63, 3.8) is 0 Å². The van der Waals surface area contributed by atoms with Gasteiger partial charge in [0.05, 0.1) is 10.6 Å². The van der Waals surface area contributed by atoms with Crippen LogP contribution >= 0.6 is 24.0 Å². The quantitative estimate of drug-likeness (QED) is 0.631. The van der Waals surface area contributed by atoms with E-state index in [9.17, 15) is 9.18 Å². The van der Waals surface area contributed by atoms with Crippen molar-refractivity contribution in [2.75, 3.05) is 6.54 Å². The molecular weight excluding hydrogens is 319 g/mol. The number of para-hydroxylation sites is 1. The molecule has 0 N–H and O–H groups in total. The van der Waals surface area contributed by atoms with Crippen LogP contribution in [0.2, 0.25) is 0 Å². The Morgan fingerprint density at radius 3 is 2.73 bits per heavy atom. The lowest BCUT2D eigenvalue weighted by Crippen LogP contribution is -2.27. The Labute approximate surface area is 137 Å². The topological polar surface area (TPSA) is 25.2 Å². The summed E-state index contributed by atoms with van der Waals surface area (Å²) in [5, 5.41) is 0. The number of hydrogen-bond acceptors (Lipinski definition) is 3. The molecule has 112 valence electrons. The third-order valence-corrected chi connectivity index (χ3v) is 4.74. The minimum absolute atomic E-state index is 0.0983. The van der Waals surface area contributed by atoms with Gasteiger partial charge < -0.3 is 4.57 Å². The largest absolute Gasteiger partial charge is 0.314 e. The molecule has 6 heteroatoms. The van der Waals surface area contributed by atoms with Crippen molar-refractivity contribution in [2.24, 2.45) is 0 Å². The maximum absolute atomic E-state index is 14.0. The van der Waals surface area contributed by atoms with Gasteiger partial charge in [0.25, 0.3) is 5.91 Å². The second-order valence-electron chi connectivity index (χ2n) is 4.68. The number of nitrogens with zero attached hydrogens (tertiary/aromatic N) is 2. The average Bonchev–Trinajstić information content (AvgIpc) is 3.05. The van der Waals surface area contributed by atoms with Crippen molar-refractivity contribution in [1.82, 2.24) is 9.47 Å². The summed E-state index contributed by atoms with van der Waals surface area (Å²) >= 11 is 6.47. The molecule has 0 spiro atoms. The number of thiocarbonyl (C=S) groups is 1. The van der Waals surface area contributed by atoms with Crippen LogP contribution in [0.25, 0.3) is 11.8 Å². The highest BCUT2D eigenvalue weighted by molar-refractivity contribution is 8.26. The van der Waals surface area contributed by atoms with Crippen LogP contribution in [0.3, 0.4) is 0 Å². The highest BCUT2D eigenvalue weighted by Crippen LogP contribution is 2.32. The normalized spacial score (nSPS) is 16.8. The second-order valence-corrected chi connectivity index (χ2v) is 6.36. The summed E-state index contributed by atoms with van der Waals surface area (Å²) in [7, 11) is 0. The SMILES string of the molecule is CCN1C(=O)C(=Cc2cccn2-c2ccccc2F)SC1=S. The Hall–Kier alpha value is -1.92. The van der Waals surface area contributed by atoms with Gasteiger partial charge in [-0.2, -0.15) is 0 Å². The van der Waals surface area contributed by atoms with Crippen molar-refractivity contribution in [3.05, 3.63) is 59.0 Å². The minimum Gasteiger partial charge on any atom is -0.314 e. The Balaban J connectivity index is 2.01. The van der Waals surface area contributed by atoms with Gasteiger partial charge >= 0.3 is 0 Å². The fraction of sp³-hybridized carbons (Fsp3) is 0.125. The maximum Gasteiger partial charge on any atom is 0.266 e.